The van der Waals surface area contributed by atoms with Crippen LogP contribution in [0.5, 0.6) is 0 Å². The van der Waals surface area contributed by atoms with Crippen LogP contribution in [0.2, 0.25) is 0 Å². The van der Waals surface area contributed by atoms with Crippen molar-refractivity contribution >= 4 is 10.0 Å². The molecule has 1 fully saturated rings. The molecule has 0 spiro atoms. The lowest BCUT2D eigenvalue weighted by Crippen LogP contribution is -2.24. The summed E-state index contributed by atoms with van der Waals surface area (Å²) in [6, 6.07) is 11.8. The standard InChI is InChI=1S/C17H23N3O2S/c1-19(2)23(21,22)15-7-3-6-14(12-15)13-20-11-5-9-17(20)16-8-4-10-18-16/h3-4,6-8,10,12,17-18H,5,9,11,13H2,1-2H3. The van der Waals surface area contributed by atoms with Crippen molar-refractivity contribution < 1.29 is 8.42 Å². The Balaban J connectivity index is 1.81. The van der Waals surface area contributed by atoms with Gasteiger partial charge in [0.05, 0.1) is 10.9 Å². The van der Waals surface area contributed by atoms with E-state index in [0.29, 0.717) is 10.9 Å². The largest absolute Gasteiger partial charge is 0.364 e. The van der Waals surface area contributed by atoms with E-state index in [1.54, 1.807) is 26.2 Å². The second-order valence-corrected chi connectivity index (χ2v) is 8.34. The van der Waals surface area contributed by atoms with E-state index in [2.05, 4.69) is 16.0 Å². The Bertz CT molecular complexity index is 754. The summed E-state index contributed by atoms with van der Waals surface area (Å²) >= 11 is 0. The molecule has 0 bridgehead atoms. The molecule has 6 heteroatoms. The van der Waals surface area contributed by atoms with Crippen LogP contribution < -0.4 is 0 Å². The first-order valence-electron chi connectivity index (χ1n) is 7.87. The van der Waals surface area contributed by atoms with E-state index in [1.165, 1.54) is 16.4 Å². The molecule has 23 heavy (non-hydrogen) atoms. The SMILES string of the molecule is CN(C)S(=O)(=O)c1cccc(CN2CCCC2c2ccc[nH]2)c1. The zero-order valence-electron chi connectivity index (χ0n) is 13.6. The van der Waals surface area contributed by atoms with Gasteiger partial charge in [-0.1, -0.05) is 12.1 Å². The number of rotatable bonds is 5. The highest BCUT2D eigenvalue weighted by Gasteiger charge is 2.27. The monoisotopic (exact) mass is 333 g/mol. The van der Waals surface area contributed by atoms with Gasteiger partial charge in [-0.3, -0.25) is 4.90 Å². The third-order valence-electron chi connectivity index (χ3n) is 4.41. The predicted octanol–water partition coefficient (Wildman–Crippen LogP) is 2.60. The van der Waals surface area contributed by atoms with Gasteiger partial charge in [0.1, 0.15) is 0 Å². The summed E-state index contributed by atoms with van der Waals surface area (Å²) in [4.78, 5) is 6.07. The summed E-state index contributed by atoms with van der Waals surface area (Å²) in [5.74, 6) is 0. The fraction of sp³-hybridized carbons (Fsp3) is 0.412. The van der Waals surface area contributed by atoms with Gasteiger partial charge in [0, 0.05) is 32.5 Å². The van der Waals surface area contributed by atoms with Gasteiger partial charge in [-0.2, -0.15) is 0 Å². The second-order valence-electron chi connectivity index (χ2n) is 6.19. The van der Waals surface area contributed by atoms with Gasteiger partial charge in [-0.05, 0) is 49.2 Å². The second kappa shape index (κ2) is 6.47. The maximum Gasteiger partial charge on any atom is 0.242 e. The maximum absolute atomic E-state index is 12.3. The van der Waals surface area contributed by atoms with Crippen molar-refractivity contribution in [2.24, 2.45) is 0 Å². The van der Waals surface area contributed by atoms with Crippen LogP contribution in [0.4, 0.5) is 0 Å². The molecule has 1 aromatic carbocycles. The highest BCUT2D eigenvalue weighted by Crippen LogP contribution is 2.32. The van der Waals surface area contributed by atoms with E-state index >= 15 is 0 Å². The summed E-state index contributed by atoms with van der Waals surface area (Å²) in [6.45, 7) is 1.80. The van der Waals surface area contributed by atoms with Crippen molar-refractivity contribution in [3.05, 3.63) is 53.9 Å². The Labute approximate surface area is 138 Å². The lowest BCUT2D eigenvalue weighted by Gasteiger charge is -2.24. The molecule has 0 amide bonds. The van der Waals surface area contributed by atoms with Crippen LogP contribution in [-0.4, -0.2) is 43.2 Å². The van der Waals surface area contributed by atoms with Crippen molar-refractivity contribution in [1.29, 1.82) is 0 Å². The minimum atomic E-state index is -3.38. The van der Waals surface area contributed by atoms with Crippen molar-refractivity contribution in [2.75, 3.05) is 20.6 Å². The zero-order chi connectivity index (χ0) is 16.4. The van der Waals surface area contributed by atoms with Crippen LogP contribution in [0.15, 0.2) is 47.5 Å². The molecule has 1 saturated heterocycles. The first kappa shape index (κ1) is 16.2. The molecule has 1 unspecified atom stereocenters. The van der Waals surface area contributed by atoms with E-state index in [-0.39, 0.29) is 0 Å². The van der Waals surface area contributed by atoms with Gasteiger partial charge in [0.2, 0.25) is 10.0 Å². The zero-order valence-corrected chi connectivity index (χ0v) is 14.4. The number of hydrogen-bond donors (Lipinski definition) is 1. The van der Waals surface area contributed by atoms with Gasteiger partial charge in [-0.25, -0.2) is 12.7 Å². The van der Waals surface area contributed by atoms with Crippen molar-refractivity contribution in [2.45, 2.75) is 30.3 Å². The van der Waals surface area contributed by atoms with E-state index in [9.17, 15) is 8.42 Å². The molecular formula is C17H23N3O2S. The summed E-state index contributed by atoms with van der Waals surface area (Å²) in [5.41, 5.74) is 2.27. The normalized spacial score (nSPS) is 19.5. The van der Waals surface area contributed by atoms with Gasteiger partial charge in [0.25, 0.3) is 0 Å². The maximum atomic E-state index is 12.3. The van der Waals surface area contributed by atoms with Crippen LogP contribution in [0, 0.1) is 0 Å². The lowest BCUT2D eigenvalue weighted by molar-refractivity contribution is 0.245. The molecule has 0 radical (unpaired) electrons. The number of benzene rings is 1. The highest BCUT2D eigenvalue weighted by molar-refractivity contribution is 7.89. The molecule has 124 valence electrons. The molecule has 1 aliphatic heterocycles. The molecule has 1 aliphatic rings. The minimum Gasteiger partial charge on any atom is -0.364 e. The molecule has 1 atom stereocenters. The number of aromatic amines is 1. The van der Waals surface area contributed by atoms with Crippen LogP contribution in [0.25, 0.3) is 0 Å². The number of nitrogens with one attached hydrogen (secondary N) is 1. The molecule has 1 N–H and O–H groups in total. The van der Waals surface area contributed by atoms with Gasteiger partial charge in [-0.15, -0.1) is 0 Å². The topological polar surface area (TPSA) is 56.4 Å². The Morgan fingerprint density at radius 3 is 2.78 bits per heavy atom. The predicted molar refractivity (Wildman–Crippen MR) is 90.5 cm³/mol. The fourth-order valence-corrected chi connectivity index (χ4v) is 4.14. The third kappa shape index (κ3) is 3.34. The Morgan fingerprint density at radius 2 is 2.09 bits per heavy atom. The summed E-state index contributed by atoms with van der Waals surface area (Å²) in [5, 5.41) is 0. The molecule has 0 saturated carbocycles. The smallest absolute Gasteiger partial charge is 0.242 e. The van der Waals surface area contributed by atoms with Crippen LogP contribution in [0.3, 0.4) is 0 Å². The molecule has 1 aromatic heterocycles. The third-order valence-corrected chi connectivity index (χ3v) is 6.22. The quantitative estimate of drug-likeness (QED) is 0.915. The van der Waals surface area contributed by atoms with Gasteiger partial charge < -0.3 is 4.98 Å². The first-order valence-corrected chi connectivity index (χ1v) is 9.31. The molecule has 0 aliphatic carbocycles. The van der Waals surface area contributed by atoms with E-state index in [4.69, 9.17) is 0 Å². The van der Waals surface area contributed by atoms with E-state index in [1.807, 2.05) is 24.4 Å². The number of H-pyrrole nitrogens is 1. The molecule has 5 nitrogen and oxygen atoms in total. The average molecular weight is 333 g/mol. The van der Waals surface area contributed by atoms with Crippen LogP contribution >= 0.6 is 0 Å². The van der Waals surface area contributed by atoms with Crippen molar-refractivity contribution in [3.8, 4) is 0 Å². The van der Waals surface area contributed by atoms with Crippen molar-refractivity contribution in [3.63, 3.8) is 0 Å². The van der Waals surface area contributed by atoms with Crippen LogP contribution in [-0.2, 0) is 16.6 Å². The van der Waals surface area contributed by atoms with Crippen molar-refractivity contribution in [1.82, 2.24) is 14.2 Å². The number of likely N-dealkylation sites (tertiary alicyclic amines) is 1. The molecular weight excluding hydrogens is 310 g/mol. The van der Waals surface area contributed by atoms with Gasteiger partial charge >= 0.3 is 0 Å². The number of sulfonamides is 1. The Hall–Kier alpha value is -1.63. The average Bonchev–Trinajstić information content (AvgIpc) is 3.18. The lowest BCUT2D eigenvalue weighted by atomic mass is 10.1. The molecule has 2 aromatic rings. The molecule has 2 heterocycles. The first-order chi connectivity index (χ1) is 11.0. The summed E-state index contributed by atoms with van der Waals surface area (Å²) in [7, 11) is -0.263. The summed E-state index contributed by atoms with van der Waals surface area (Å²) in [6.07, 6.45) is 4.26. The number of hydrogen-bond acceptors (Lipinski definition) is 3. The van der Waals surface area contributed by atoms with E-state index < -0.39 is 10.0 Å². The minimum absolute atomic E-state index is 0.357. The van der Waals surface area contributed by atoms with E-state index in [0.717, 1.165) is 25.1 Å². The Morgan fingerprint density at radius 1 is 1.26 bits per heavy atom. The number of aromatic nitrogens is 1. The van der Waals surface area contributed by atoms with Crippen LogP contribution in [0.1, 0.15) is 30.1 Å². The fourth-order valence-electron chi connectivity index (χ4n) is 3.17. The highest BCUT2D eigenvalue weighted by atomic mass is 32.2. The Kier molecular flexibility index (Phi) is 4.57. The van der Waals surface area contributed by atoms with Gasteiger partial charge in [0.15, 0.2) is 0 Å². The summed E-state index contributed by atoms with van der Waals surface area (Å²) < 4.78 is 25.8. The molecule has 3 rings (SSSR count). The number of nitrogens with zero attached hydrogens (tertiary/aromatic N) is 2.